The van der Waals surface area contributed by atoms with E-state index in [9.17, 15) is 13.6 Å². The summed E-state index contributed by atoms with van der Waals surface area (Å²) >= 11 is 1.30. The van der Waals surface area contributed by atoms with Gasteiger partial charge in [-0.2, -0.15) is 14.6 Å². The number of anilines is 1. The van der Waals surface area contributed by atoms with Gasteiger partial charge in [-0.1, -0.05) is 0 Å². The van der Waals surface area contributed by atoms with Gasteiger partial charge in [0.1, 0.15) is 22.1 Å². The Labute approximate surface area is 232 Å². The molecule has 5 rings (SSSR count). The Morgan fingerprint density at radius 2 is 2.03 bits per heavy atom. The average Bonchev–Trinajstić information content (AvgIpc) is 3.62. The van der Waals surface area contributed by atoms with Gasteiger partial charge < -0.3 is 10.1 Å². The predicted octanol–water partition coefficient (Wildman–Crippen LogP) is 4.46. The maximum absolute atomic E-state index is 14.6. The van der Waals surface area contributed by atoms with E-state index in [0.29, 0.717) is 11.6 Å². The van der Waals surface area contributed by atoms with Gasteiger partial charge in [0.25, 0.3) is 5.91 Å². The monoisotopic (exact) mass is 522 g/mol. The summed E-state index contributed by atoms with van der Waals surface area (Å²) in [7, 11) is 0. The van der Waals surface area contributed by atoms with Crippen LogP contribution in [0.15, 0.2) is 36.1 Å². The van der Waals surface area contributed by atoms with E-state index in [1.54, 1.807) is 28.7 Å². The number of nitrogens with zero attached hydrogens (tertiary/aromatic N) is 5. The topological polar surface area (TPSA) is 111 Å². The summed E-state index contributed by atoms with van der Waals surface area (Å²) in [4.78, 5) is 21.1. The van der Waals surface area contributed by atoms with Crippen LogP contribution in [0, 0.1) is 11.8 Å². The van der Waals surface area contributed by atoms with Gasteiger partial charge in [0.15, 0.2) is 5.82 Å². The molecule has 36 heavy (non-hydrogen) atoms. The SMILES string of the molecule is CCOC1CCC(n2cc(NC(=O)c3csc(-c4cn[nH]c4)n3)c(-c3nc(F)ccc3F)n2)CC1.[Na]. The summed E-state index contributed by atoms with van der Waals surface area (Å²) in [5.41, 5.74) is 0.981. The van der Waals surface area contributed by atoms with Crippen molar-refractivity contribution in [3.8, 4) is 22.0 Å². The van der Waals surface area contributed by atoms with E-state index >= 15 is 0 Å². The van der Waals surface area contributed by atoms with E-state index in [4.69, 9.17) is 4.74 Å². The van der Waals surface area contributed by atoms with E-state index in [0.717, 1.165) is 43.4 Å². The van der Waals surface area contributed by atoms with E-state index in [1.807, 2.05) is 6.92 Å². The molecule has 4 aromatic heterocycles. The Bertz CT molecular complexity index is 1320. The van der Waals surface area contributed by atoms with E-state index in [1.165, 1.54) is 11.3 Å². The van der Waals surface area contributed by atoms with Crippen molar-refractivity contribution >= 4 is 52.5 Å². The second-order valence-corrected chi connectivity index (χ2v) is 9.06. The zero-order valence-corrected chi connectivity index (χ0v) is 22.7. The molecule has 0 saturated heterocycles. The Kier molecular flexibility index (Phi) is 8.62. The van der Waals surface area contributed by atoms with Crippen LogP contribution >= 0.6 is 11.3 Å². The van der Waals surface area contributed by atoms with Crippen molar-refractivity contribution in [2.45, 2.75) is 44.8 Å². The summed E-state index contributed by atoms with van der Waals surface area (Å²) in [6.07, 6.45) is 8.53. The molecule has 0 aromatic carbocycles. The summed E-state index contributed by atoms with van der Waals surface area (Å²) < 4.78 is 35.9. The zero-order chi connectivity index (χ0) is 24.4. The Hall–Kier alpha value is -2.51. The first-order valence-electron chi connectivity index (χ1n) is 11.3. The fraction of sp³-hybridized carbons (Fsp3) is 0.348. The fourth-order valence-corrected chi connectivity index (χ4v) is 4.99. The van der Waals surface area contributed by atoms with Crippen molar-refractivity contribution in [1.29, 1.82) is 0 Å². The molecule has 13 heteroatoms. The molecule has 9 nitrogen and oxygen atoms in total. The minimum absolute atomic E-state index is 0. The van der Waals surface area contributed by atoms with Crippen LogP contribution < -0.4 is 5.32 Å². The van der Waals surface area contributed by atoms with E-state index in [-0.39, 0.29) is 64.5 Å². The molecule has 0 aliphatic heterocycles. The number of hydrogen-bond donors (Lipinski definition) is 2. The first-order valence-corrected chi connectivity index (χ1v) is 12.2. The van der Waals surface area contributed by atoms with Gasteiger partial charge in [-0.3, -0.25) is 14.6 Å². The number of ether oxygens (including phenoxy) is 1. The van der Waals surface area contributed by atoms with Crippen LogP contribution in [0.2, 0.25) is 0 Å². The third-order valence-electron chi connectivity index (χ3n) is 5.92. The fourth-order valence-electron chi connectivity index (χ4n) is 4.21. The number of nitrogens with one attached hydrogen (secondary N) is 2. The predicted molar refractivity (Wildman–Crippen MR) is 132 cm³/mol. The Balaban J connectivity index is 0.00000304. The molecular formula is C23H23F2N7NaO2S. The van der Waals surface area contributed by atoms with Gasteiger partial charge in [-0.05, 0) is 44.7 Å². The molecule has 1 fully saturated rings. The van der Waals surface area contributed by atoms with Crippen LogP contribution in [-0.2, 0) is 4.74 Å². The molecule has 1 amide bonds. The summed E-state index contributed by atoms with van der Waals surface area (Å²) in [5.74, 6) is -2.06. The number of pyridine rings is 1. The third kappa shape index (κ3) is 5.73. The average molecular weight is 523 g/mol. The molecule has 0 bridgehead atoms. The van der Waals surface area contributed by atoms with E-state index < -0.39 is 17.7 Å². The minimum Gasteiger partial charge on any atom is -0.379 e. The van der Waals surface area contributed by atoms with Crippen LogP contribution in [0.5, 0.6) is 0 Å². The second kappa shape index (κ2) is 11.7. The first-order chi connectivity index (χ1) is 17.0. The summed E-state index contributed by atoms with van der Waals surface area (Å²) in [5, 5.41) is 16.1. The number of rotatable bonds is 7. The van der Waals surface area contributed by atoms with Crippen LogP contribution in [0.25, 0.3) is 22.0 Å². The van der Waals surface area contributed by atoms with Gasteiger partial charge in [-0.15, -0.1) is 11.3 Å². The van der Waals surface area contributed by atoms with Gasteiger partial charge in [0.2, 0.25) is 5.95 Å². The number of carbonyl (C=O) groups is 1. The smallest absolute Gasteiger partial charge is 0.275 e. The maximum atomic E-state index is 14.6. The van der Waals surface area contributed by atoms with Crippen LogP contribution in [0.1, 0.15) is 49.1 Å². The van der Waals surface area contributed by atoms with Gasteiger partial charge in [0, 0.05) is 59.5 Å². The minimum atomic E-state index is -0.838. The van der Waals surface area contributed by atoms with Crippen molar-refractivity contribution in [2.75, 3.05) is 11.9 Å². The van der Waals surface area contributed by atoms with Gasteiger partial charge in [-0.25, -0.2) is 14.4 Å². The number of aromatic amines is 1. The number of hydrogen-bond acceptors (Lipinski definition) is 7. The van der Waals surface area contributed by atoms with Crippen molar-refractivity contribution in [1.82, 2.24) is 29.9 Å². The molecule has 2 N–H and O–H groups in total. The van der Waals surface area contributed by atoms with Crippen molar-refractivity contribution < 1.29 is 18.3 Å². The number of halogens is 2. The molecule has 183 valence electrons. The van der Waals surface area contributed by atoms with Crippen LogP contribution in [0.4, 0.5) is 14.5 Å². The van der Waals surface area contributed by atoms with Gasteiger partial charge in [0.05, 0.1) is 24.0 Å². The normalized spacial score (nSPS) is 17.5. The zero-order valence-electron chi connectivity index (χ0n) is 19.9. The largest absolute Gasteiger partial charge is 0.379 e. The second-order valence-electron chi connectivity index (χ2n) is 8.20. The molecule has 4 heterocycles. The molecule has 1 aliphatic rings. The van der Waals surface area contributed by atoms with E-state index in [2.05, 4.69) is 30.6 Å². The van der Waals surface area contributed by atoms with Crippen LogP contribution in [0.3, 0.4) is 0 Å². The van der Waals surface area contributed by atoms with Gasteiger partial charge >= 0.3 is 0 Å². The molecular weight excluding hydrogens is 499 g/mol. The molecule has 1 saturated carbocycles. The number of aromatic nitrogens is 6. The standard InChI is InChI=1S/C23H23F2N7O2S.Na/c1-2-34-15-5-3-14(4-6-15)32-11-17(21(31-32)20-16(24)7-8-19(25)30-20)28-22(33)18-12-35-23(29-18)13-9-26-27-10-13;/h7-12,14-15H,2-6H2,1H3,(H,26,27)(H,28,33);. The van der Waals surface area contributed by atoms with Crippen molar-refractivity contribution in [2.24, 2.45) is 0 Å². The van der Waals surface area contributed by atoms with Crippen LogP contribution in [-0.4, -0.2) is 78.1 Å². The number of amides is 1. The molecule has 4 aromatic rings. The third-order valence-corrected chi connectivity index (χ3v) is 6.81. The molecule has 1 aliphatic carbocycles. The number of H-pyrrole nitrogens is 1. The first kappa shape index (κ1) is 26.6. The maximum Gasteiger partial charge on any atom is 0.275 e. The molecule has 0 unspecified atom stereocenters. The Morgan fingerprint density at radius 1 is 1.22 bits per heavy atom. The Morgan fingerprint density at radius 3 is 2.75 bits per heavy atom. The summed E-state index contributed by atoms with van der Waals surface area (Å²) in [6, 6.07) is 1.97. The number of carbonyl (C=O) groups excluding carboxylic acids is 1. The number of thiazole rings is 1. The summed E-state index contributed by atoms with van der Waals surface area (Å²) in [6.45, 7) is 2.64. The molecule has 0 spiro atoms. The van der Waals surface area contributed by atoms with Crippen molar-refractivity contribution in [3.05, 3.63) is 53.6 Å². The quantitative estimate of drug-likeness (QED) is 0.274. The molecule has 0 atom stereocenters. The molecule has 1 radical (unpaired) electrons. The van der Waals surface area contributed by atoms with Crippen molar-refractivity contribution in [3.63, 3.8) is 0 Å².